The van der Waals surface area contributed by atoms with Crippen molar-refractivity contribution in [2.45, 2.75) is 58.0 Å². The Balaban J connectivity index is 1.55. The summed E-state index contributed by atoms with van der Waals surface area (Å²) in [6.45, 7) is 14.7. The number of nitrogens with zero attached hydrogens (tertiary/aromatic N) is 3. The van der Waals surface area contributed by atoms with Crippen LogP contribution in [0.25, 0.3) is 0 Å². The maximum Gasteiger partial charge on any atom is 0.339 e. The molecule has 3 rings (SSSR count). The number of carbonyl (C=O) groups is 1. The highest BCUT2D eigenvalue weighted by atomic mass is 32.2. The third-order valence-electron chi connectivity index (χ3n) is 6.26. The van der Waals surface area contributed by atoms with Gasteiger partial charge in [-0.2, -0.15) is 0 Å². The summed E-state index contributed by atoms with van der Waals surface area (Å²) in [5.74, 6) is 0.967. The number of aliphatic imine (C=N–C) groups is 1. The van der Waals surface area contributed by atoms with Crippen molar-refractivity contribution in [1.29, 1.82) is 0 Å². The predicted octanol–water partition coefficient (Wildman–Crippen LogP) is 3.57. The maximum atomic E-state index is 13.3. The monoisotopic (exact) mass is 548 g/mol. The van der Waals surface area contributed by atoms with Gasteiger partial charge in [0.1, 0.15) is 41.0 Å². The summed E-state index contributed by atoms with van der Waals surface area (Å²) >= 11 is 1.48. The zero-order valence-electron chi connectivity index (χ0n) is 22.7. The average molecular weight is 549 g/mol. The van der Waals surface area contributed by atoms with Gasteiger partial charge in [0.2, 0.25) is 5.91 Å². The van der Waals surface area contributed by atoms with E-state index in [0.717, 1.165) is 52.1 Å². The van der Waals surface area contributed by atoms with Gasteiger partial charge in [0.25, 0.3) is 0 Å². The lowest BCUT2D eigenvalue weighted by molar-refractivity contribution is -0.125. The van der Waals surface area contributed by atoms with Crippen LogP contribution in [-0.4, -0.2) is 78.9 Å². The highest BCUT2D eigenvalue weighted by Gasteiger charge is 2.40. The molecule has 0 aliphatic carbocycles. The average Bonchev–Trinajstić information content (AvgIpc) is 3.33. The lowest BCUT2D eigenvalue weighted by Crippen LogP contribution is -2.45. The molecule has 10 nitrogen and oxygen atoms in total. The van der Waals surface area contributed by atoms with E-state index in [1.807, 2.05) is 13.8 Å². The number of carbonyl (C=O) groups excluding carboxylic acids is 1. The second-order valence-corrected chi connectivity index (χ2v) is 10.5. The summed E-state index contributed by atoms with van der Waals surface area (Å²) in [6, 6.07) is 2.43. The third kappa shape index (κ3) is 8.99. The summed E-state index contributed by atoms with van der Waals surface area (Å²) in [6.07, 6.45) is 4.94. The van der Waals surface area contributed by atoms with Gasteiger partial charge in [-0.05, 0) is 39.7 Å². The molecule has 0 spiro atoms. The number of oxime groups is 1. The first kappa shape index (κ1) is 29.9. The van der Waals surface area contributed by atoms with Gasteiger partial charge in [0, 0.05) is 24.9 Å². The quantitative estimate of drug-likeness (QED) is 0.153. The van der Waals surface area contributed by atoms with Crippen molar-refractivity contribution < 1.29 is 23.5 Å². The van der Waals surface area contributed by atoms with Crippen LogP contribution in [0.1, 0.15) is 58.3 Å². The molecule has 1 N–H and O–H groups in total. The Morgan fingerprint density at radius 2 is 2.16 bits per heavy atom. The molecule has 2 aliphatic heterocycles. The summed E-state index contributed by atoms with van der Waals surface area (Å²) in [5, 5.41) is 7.94. The molecule has 1 saturated heterocycles. The Morgan fingerprint density at radius 3 is 2.89 bits per heavy atom. The van der Waals surface area contributed by atoms with Gasteiger partial charge in [-0.25, -0.2) is 4.79 Å². The van der Waals surface area contributed by atoms with Crippen molar-refractivity contribution >= 4 is 28.4 Å². The molecule has 1 amide bonds. The Morgan fingerprint density at radius 1 is 1.37 bits per heavy atom. The standard InChI is InChI=1S/C27H40N4O6S/c1-5-9-22(23-17-21(35-13-6-2)18-24(32)37-23)28-26(33)27(4)19-38-25(29-27)20(3)30-36-14-8-7-10-31-11-15-34-16-12-31/h6,17-18,22H,2,5,7-16,19H2,1,3-4H3,(H,28,33)/b30-20+/t22-,27?/m1/s1. The smallest absolute Gasteiger partial charge is 0.339 e. The van der Waals surface area contributed by atoms with Gasteiger partial charge in [0.15, 0.2) is 0 Å². The number of amides is 1. The van der Waals surface area contributed by atoms with E-state index in [0.29, 0.717) is 41.0 Å². The molecular formula is C27H40N4O6S. The topological polar surface area (TPSA) is 115 Å². The number of unbranched alkanes of at least 4 members (excludes halogenated alkanes) is 1. The van der Waals surface area contributed by atoms with Crippen LogP contribution >= 0.6 is 11.8 Å². The fourth-order valence-corrected chi connectivity index (χ4v) is 5.20. The van der Waals surface area contributed by atoms with Crippen molar-refractivity contribution in [2.75, 3.05) is 51.8 Å². The molecule has 38 heavy (non-hydrogen) atoms. The molecule has 0 aromatic carbocycles. The van der Waals surface area contributed by atoms with Crippen LogP contribution in [-0.2, 0) is 14.4 Å². The van der Waals surface area contributed by atoms with Gasteiger partial charge >= 0.3 is 5.63 Å². The van der Waals surface area contributed by atoms with E-state index in [-0.39, 0.29) is 12.5 Å². The number of hydrogen-bond acceptors (Lipinski definition) is 10. The first-order valence-electron chi connectivity index (χ1n) is 13.2. The molecule has 210 valence electrons. The molecule has 1 aromatic rings. The Labute approximate surface area is 228 Å². The summed E-state index contributed by atoms with van der Waals surface area (Å²) in [4.78, 5) is 38.0. The molecule has 0 radical (unpaired) electrons. The molecule has 11 heteroatoms. The second-order valence-electron chi connectivity index (χ2n) is 9.58. The van der Waals surface area contributed by atoms with Crippen LogP contribution in [0.15, 0.2) is 44.1 Å². The van der Waals surface area contributed by atoms with Gasteiger partial charge in [0.05, 0.1) is 25.3 Å². The van der Waals surface area contributed by atoms with Crippen molar-refractivity contribution in [1.82, 2.24) is 10.2 Å². The summed E-state index contributed by atoms with van der Waals surface area (Å²) in [7, 11) is 0. The molecule has 1 aromatic heterocycles. The number of rotatable bonds is 15. The Bertz CT molecular complexity index is 1050. The Kier molecular flexibility index (Phi) is 11.9. The number of nitrogens with one attached hydrogen (secondary N) is 1. The highest BCUT2D eigenvalue weighted by molar-refractivity contribution is 8.16. The van der Waals surface area contributed by atoms with Gasteiger partial charge < -0.3 is 24.0 Å². The van der Waals surface area contributed by atoms with Crippen LogP contribution in [0.2, 0.25) is 0 Å². The van der Waals surface area contributed by atoms with E-state index in [4.69, 9.17) is 18.7 Å². The van der Waals surface area contributed by atoms with Crippen LogP contribution in [0.3, 0.4) is 0 Å². The molecule has 3 heterocycles. The maximum absolute atomic E-state index is 13.3. The molecule has 0 bridgehead atoms. The van der Waals surface area contributed by atoms with E-state index in [9.17, 15) is 9.59 Å². The minimum Gasteiger partial charge on any atom is -0.489 e. The fourth-order valence-electron chi connectivity index (χ4n) is 4.08. The largest absolute Gasteiger partial charge is 0.489 e. The fraction of sp³-hybridized carbons (Fsp3) is 0.630. The van der Waals surface area contributed by atoms with Crippen molar-refractivity contribution in [2.24, 2.45) is 10.1 Å². The molecular weight excluding hydrogens is 508 g/mol. The summed E-state index contributed by atoms with van der Waals surface area (Å²) in [5.41, 5.74) is -0.853. The van der Waals surface area contributed by atoms with Crippen molar-refractivity contribution in [3.63, 3.8) is 0 Å². The number of hydrogen-bond donors (Lipinski definition) is 1. The SMILES string of the molecule is C=CCOc1cc([C@@H](CCC)NC(=O)C2(C)CSC(/C(C)=N/OCCCCN3CCOCC3)=N2)oc(=O)c1. The van der Waals surface area contributed by atoms with E-state index < -0.39 is 17.2 Å². The van der Waals surface area contributed by atoms with E-state index >= 15 is 0 Å². The van der Waals surface area contributed by atoms with Crippen LogP contribution in [0, 0.1) is 0 Å². The molecule has 1 fully saturated rings. The first-order valence-corrected chi connectivity index (χ1v) is 14.2. The summed E-state index contributed by atoms with van der Waals surface area (Å²) < 4.78 is 16.3. The Hall–Kier alpha value is -2.63. The molecule has 2 atom stereocenters. The molecule has 2 aliphatic rings. The third-order valence-corrected chi connectivity index (χ3v) is 7.63. The second kappa shape index (κ2) is 15.1. The van der Waals surface area contributed by atoms with E-state index in [1.54, 1.807) is 19.1 Å². The van der Waals surface area contributed by atoms with Crippen LogP contribution in [0.4, 0.5) is 0 Å². The van der Waals surface area contributed by atoms with E-state index in [2.05, 4.69) is 26.9 Å². The predicted molar refractivity (Wildman–Crippen MR) is 150 cm³/mol. The molecule has 0 saturated carbocycles. The minimum atomic E-state index is -0.974. The molecule has 1 unspecified atom stereocenters. The van der Waals surface area contributed by atoms with Crippen molar-refractivity contribution in [3.05, 3.63) is 41.0 Å². The number of ether oxygens (including phenoxy) is 2. The minimum absolute atomic E-state index is 0.240. The zero-order chi connectivity index (χ0) is 27.4. The zero-order valence-corrected chi connectivity index (χ0v) is 23.5. The van der Waals surface area contributed by atoms with Gasteiger partial charge in [-0.1, -0.05) is 31.2 Å². The van der Waals surface area contributed by atoms with Gasteiger partial charge in [-0.3, -0.25) is 14.7 Å². The first-order chi connectivity index (χ1) is 18.3. The van der Waals surface area contributed by atoms with Crippen LogP contribution < -0.4 is 15.7 Å². The van der Waals surface area contributed by atoms with Crippen molar-refractivity contribution in [3.8, 4) is 5.75 Å². The lowest BCUT2D eigenvalue weighted by Gasteiger charge is -2.26. The van der Waals surface area contributed by atoms with Crippen LogP contribution in [0.5, 0.6) is 5.75 Å². The number of thioether (sulfide) groups is 1. The van der Waals surface area contributed by atoms with E-state index in [1.165, 1.54) is 17.8 Å². The normalized spacial score (nSPS) is 21.0. The lowest BCUT2D eigenvalue weighted by atomic mass is 10.0. The van der Waals surface area contributed by atoms with Gasteiger partial charge in [-0.15, -0.1) is 11.8 Å². The number of morpholine rings is 1. The highest BCUT2D eigenvalue weighted by Crippen LogP contribution is 2.30.